The summed E-state index contributed by atoms with van der Waals surface area (Å²) in [7, 11) is -1.90. The molecule has 2 aliphatic heterocycles. The van der Waals surface area contributed by atoms with Crippen LogP contribution >= 0.6 is 0 Å². The number of carbonyl (C=O) groups is 2. The van der Waals surface area contributed by atoms with Crippen LogP contribution in [0.15, 0.2) is 35.9 Å². The third kappa shape index (κ3) is 8.21. The van der Waals surface area contributed by atoms with Crippen LogP contribution in [0.4, 0.5) is 18.0 Å². The van der Waals surface area contributed by atoms with E-state index >= 15 is 0 Å². The highest BCUT2D eigenvalue weighted by Crippen LogP contribution is 2.28. The van der Waals surface area contributed by atoms with Crippen molar-refractivity contribution in [3.8, 4) is 6.07 Å². The topological polar surface area (TPSA) is 126 Å². The number of hydrogen-bond acceptors (Lipinski definition) is 7. The summed E-state index contributed by atoms with van der Waals surface area (Å²) in [5.41, 5.74) is -0.550. The van der Waals surface area contributed by atoms with E-state index in [0.717, 1.165) is 6.42 Å². The predicted molar refractivity (Wildman–Crippen MR) is 137 cm³/mol. The largest absolute Gasteiger partial charge is 0.475 e. The Morgan fingerprint density at radius 1 is 1.23 bits per heavy atom. The minimum absolute atomic E-state index is 0.0104. The molecule has 3 N–H and O–H groups in total. The lowest BCUT2D eigenvalue weighted by molar-refractivity contribution is -0.131. The van der Waals surface area contributed by atoms with Crippen molar-refractivity contribution in [2.75, 3.05) is 26.2 Å². The van der Waals surface area contributed by atoms with E-state index in [0.29, 0.717) is 24.9 Å². The Hall–Kier alpha value is -3.08. The van der Waals surface area contributed by atoms with E-state index in [1.807, 2.05) is 6.07 Å². The molecular weight excluding hydrogens is 516 g/mol. The zero-order valence-corrected chi connectivity index (χ0v) is 22.0. The Labute approximate surface area is 226 Å². The van der Waals surface area contributed by atoms with E-state index in [9.17, 15) is 38.1 Å². The highest BCUT2D eigenvalue weighted by atomic mass is 19.2. The normalized spacial score (nSPS) is 23.2. The summed E-state index contributed by atoms with van der Waals surface area (Å²) < 4.78 is 45.9. The molecule has 0 spiro atoms. The third-order valence-corrected chi connectivity index (χ3v) is 7.17. The first-order valence-corrected chi connectivity index (χ1v) is 12.9. The van der Waals surface area contributed by atoms with E-state index in [1.54, 1.807) is 18.7 Å². The van der Waals surface area contributed by atoms with Crippen LogP contribution in [0.5, 0.6) is 0 Å². The zero-order chi connectivity index (χ0) is 28.7. The fourth-order valence-corrected chi connectivity index (χ4v) is 4.85. The first-order chi connectivity index (χ1) is 18.4. The molecule has 2 fully saturated rings. The number of alkyl halides is 2. The first kappa shape index (κ1) is 30.5. The van der Waals surface area contributed by atoms with Crippen molar-refractivity contribution in [3.05, 3.63) is 47.3 Å². The summed E-state index contributed by atoms with van der Waals surface area (Å²) >= 11 is 0. The molecule has 2 heterocycles. The standard InChI is InChI=1S/C26H34BF3N4O5/c1-26(2,33-14-21(29)22(30)15-33)12-18(13-31)24(35)34-10-4-3-5-20(34)16-39-25(36)32-23(27(37)38)11-17-6-8-19(28)9-7-17/h6-9,12,20-23,37-38H,3-5,10-11,14-16H2,1-2H3,(H,32,36)/t20-,21-,22+,23+/m1/s1. The molecule has 1 aromatic rings. The van der Waals surface area contributed by atoms with E-state index in [2.05, 4.69) is 5.32 Å². The van der Waals surface area contributed by atoms with Gasteiger partial charge in [0.05, 0.1) is 12.0 Å². The molecule has 2 aliphatic rings. The number of rotatable bonds is 9. The van der Waals surface area contributed by atoms with Crippen molar-refractivity contribution >= 4 is 19.1 Å². The third-order valence-electron chi connectivity index (χ3n) is 7.17. The number of likely N-dealkylation sites (tertiary alicyclic amines) is 2. The van der Waals surface area contributed by atoms with Gasteiger partial charge in [-0.05, 0) is 63.3 Å². The zero-order valence-electron chi connectivity index (χ0n) is 22.0. The van der Waals surface area contributed by atoms with Crippen LogP contribution in [0, 0.1) is 17.1 Å². The average molecular weight is 550 g/mol. The predicted octanol–water partition coefficient (Wildman–Crippen LogP) is 2.08. The molecule has 2 saturated heterocycles. The highest BCUT2D eigenvalue weighted by molar-refractivity contribution is 6.43. The molecule has 0 unspecified atom stereocenters. The van der Waals surface area contributed by atoms with Gasteiger partial charge in [0.25, 0.3) is 5.91 Å². The van der Waals surface area contributed by atoms with Crippen molar-refractivity contribution in [2.45, 2.75) is 69.4 Å². The molecule has 13 heteroatoms. The van der Waals surface area contributed by atoms with Crippen molar-refractivity contribution in [1.82, 2.24) is 15.1 Å². The number of nitrogens with one attached hydrogen (secondary N) is 1. The number of nitrogens with zero attached hydrogens (tertiary/aromatic N) is 3. The average Bonchev–Trinajstić information content (AvgIpc) is 3.25. The molecule has 0 saturated carbocycles. The van der Waals surface area contributed by atoms with Gasteiger partial charge in [-0.25, -0.2) is 18.0 Å². The fourth-order valence-electron chi connectivity index (χ4n) is 4.85. The van der Waals surface area contributed by atoms with Crippen molar-refractivity contribution in [1.29, 1.82) is 5.26 Å². The SMILES string of the molecule is CC(C)(C=C(C#N)C(=O)N1CCCC[C@@H]1COC(=O)N[C@@H](Cc1ccc(F)cc1)B(O)O)N1C[C@@H](F)[C@@H](F)C1. The number of carbonyl (C=O) groups excluding carboxylic acids is 2. The summed E-state index contributed by atoms with van der Waals surface area (Å²) in [5.74, 6) is -2.14. The maximum Gasteiger partial charge on any atom is 0.475 e. The van der Waals surface area contributed by atoms with Crippen molar-refractivity contribution in [2.24, 2.45) is 0 Å². The Balaban J connectivity index is 1.62. The monoisotopic (exact) mass is 550 g/mol. The maximum atomic E-state index is 13.7. The highest BCUT2D eigenvalue weighted by Gasteiger charge is 2.40. The number of benzene rings is 1. The van der Waals surface area contributed by atoms with E-state index in [4.69, 9.17) is 4.74 Å². The van der Waals surface area contributed by atoms with Gasteiger partial charge >= 0.3 is 13.2 Å². The summed E-state index contributed by atoms with van der Waals surface area (Å²) in [6.07, 6.45) is -0.789. The summed E-state index contributed by atoms with van der Waals surface area (Å²) in [6, 6.07) is 6.74. The molecule has 3 rings (SSSR count). The Kier molecular flexibility index (Phi) is 10.4. The molecule has 0 aromatic heterocycles. The van der Waals surface area contributed by atoms with Gasteiger partial charge in [0.2, 0.25) is 0 Å². The van der Waals surface area contributed by atoms with Crippen LogP contribution < -0.4 is 5.32 Å². The number of alkyl carbamates (subject to hydrolysis) is 1. The van der Waals surface area contributed by atoms with Gasteiger partial charge in [-0.3, -0.25) is 9.69 Å². The smallest absolute Gasteiger partial charge is 0.447 e. The Morgan fingerprint density at radius 2 is 1.87 bits per heavy atom. The van der Waals surface area contributed by atoms with Gasteiger partial charge in [0, 0.05) is 25.2 Å². The minimum atomic E-state index is -1.90. The number of piperidine rings is 1. The lowest BCUT2D eigenvalue weighted by Crippen LogP contribution is -2.50. The minimum Gasteiger partial charge on any atom is -0.447 e. The van der Waals surface area contributed by atoms with Gasteiger partial charge in [-0.15, -0.1) is 0 Å². The summed E-state index contributed by atoms with van der Waals surface area (Å²) in [5, 5.41) is 31.5. The second kappa shape index (κ2) is 13.3. The van der Waals surface area contributed by atoms with Gasteiger partial charge in [0.1, 0.15) is 36.4 Å². The molecular formula is C26H34BF3N4O5. The van der Waals surface area contributed by atoms with Crippen LogP contribution in [0.2, 0.25) is 0 Å². The Bertz CT molecular complexity index is 1070. The number of amides is 2. The quantitative estimate of drug-likeness (QED) is 0.244. The molecule has 4 atom stereocenters. The fraction of sp³-hybridized carbons (Fsp3) is 0.577. The van der Waals surface area contributed by atoms with E-state index < -0.39 is 54.8 Å². The molecule has 9 nitrogen and oxygen atoms in total. The van der Waals surface area contributed by atoms with Gasteiger partial charge in [0.15, 0.2) is 0 Å². The molecule has 1 aromatic carbocycles. The van der Waals surface area contributed by atoms with Crippen LogP contribution in [0.1, 0.15) is 38.7 Å². The van der Waals surface area contributed by atoms with E-state index in [1.165, 1.54) is 35.2 Å². The summed E-state index contributed by atoms with van der Waals surface area (Å²) in [4.78, 5) is 28.8. The van der Waals surface area contributed by atoms with Crippen molar-refractivity contribution in [3.63, 3.8) is 0 Å². The maximum absolute atomic E-state index is 13.7. The van der Waals surface area contributed by atoms with Gasteiger partial charge in [-0.2, -0.15) is 5.26 Å². The first-order valence-electron chi connectivity index (χ1n) is 12.9. The molecule has 0 bridgehead atoms. The van der Waals surface area contributed by atoms with E-state index in [-0.39, 0.29) is 31.7 Å². The molecule has 212 valence electrons. The second-order valence-corrected chi connectivity index (χ2v) is 10.5. The molecule has 0 radical (unpaired) electrons. The van der Waals surface area contributed by atoms with Crippen molar-refractivity contribution < 1.29 is 37.5 Å². The Morgan fingerprint density at radius 3 is 2.46 bits per heavy atom. The number of halogens is 3. The van der Waals surface area contributed by atoms with Crippen LogP contribution in [0.25, 0.3) is 0 Å². The lowest BCUT2D eigenvalue weighted by Gasteiger charge is -2.36. The number of nitriles is 1. The molecule has 0 aliphatic carbocycles. The van der Waals surface area contributed by atoms with Crippen LogP contribution in [-0.4, -0.2) is 95.1 Å². The number of hydrogen-bond donors (Lipinski definition) is 3. The van der Waals surface area contributed by atoms with Gasteiger partial charge < -0.3 is 25.0 Å². The molecule has 2 amide bonds. The van der Waals surface area contributed by atoms with Crippen LogP contribution in [-0.2, 0) is 16.0 Å². The van der Waals surface area contributed by atoms with Gasteiger partial charge in [-0.1, -0.05) is 12.1 Å². The van der Waals surface area contributed by atoms with Crippen LogP contribution in [0.3, 0.4) is 0 Å². The lowest BCUT2D eigenvalue weighted by atomic mass is 9.76. The second-order valence-electron chi connectivity index (χ2n) is 10.5. The number of ether oxygens (including phenoxy) is 1. The summed E-state index contributed by atoms with van der Waals surface area (Å²) in [6.45, 7) is 3.22. The molecule has 39 heavy (non-hydrogen) atoms.